The number of aryl methyl sites for hydroxylation is 2. The molecule has 1 N–H and O–H groups in total. The number of carbonyl (C=O) groups is 2. The third-order valence-electron chi connectivity index (χ3n) is 6.98. The number of nitrogens with one attached hydrogen (secondary N) is 1. The van der Waals surface area contributed by atoms with Gasteiger partial charge in [-0.05, 0) is 81.1 Å². The fraction of sp³-hybridized carbons (Fsp3) is 0.355. The van der Waals surface area contributed by atoms with Crippen molar-refractivity contribution in [3.63, 3.8) is 0 Å². The van der Waals surface area contributed by atoms with Crippen LogP contribution < -0.4 is 9.62 Å². The van der Waals surface area contributed by atoms with E-state index in [1.54, 1.807) is 38.1 Å². The molecule has 0 radical (unpaired) electrons. The van der Waals surface area contributed by atoms with Gasteiger partial charge in [-0.2, -0.15) is 0 Å². The molecule has 41 heavy (non-hydrogen) atoms. The van der Waals surface area contributed by atoms with Gasteiger partial charge in [-0.25, -0.2) is 12.8 Å². The van der Waals surface area contributed by atoms with Gasteiger partial charge in [0.15, 0.2) is 0 Å². The zero-order valence-corrected chi connectivity index (χ0v) is 25.6. The highest BCUT2D eigenvalue weighted by atomic mass is 35.5. The number of anilines is 1. The molecule has 0 spiro atoms. The molecule has 0 aliphatic heterocycles. The Bertz CT molecular complexity index is 1460. The highest BCUT2D eigenvalue weighted by Gasteiger charge is 2.34. The molecule has 3 aromatic carbocycles. The van der Waals surface area contributed by atoms with Crippen molar-refractivity contribution in [3.05, 3.63) is 94.3 Å². The SMILES string of the molecule is CCC(C)NC(=O)C(CC)N(Cc1ccc(F)cc1)C(=O)CN(c1cc(Cl)ccc1C)S(=O)(=O)c1ccc(C)cc1. The maximum absolute atomic E-state index is 14.1. The van der Waals surface area contributed by atoms with E-state index in [4.69, 9.17) is 11.6 Å². The van der Waals surface area contributed by atoms with Gasteiger partial charge in [0.25, 0.3) is 10.0 Å². The predicted octanol–water partition coefficient (Wildman–Crippen LogP) is 6.01. The van der Waals surface area contributed by atoms with Crippen molar-refractivity contribution in [2.75, 3.05) is 10.8 Å². The van der Waals surface area contributed by atoms with Crippen LogP contribution in [0.4, 0.5) is 10.1 Å². The van der Waals surface area contributed by atoms with Crippen molar-refractivity contribution in [2.24, 2.45) is 0 Å². The van der Waals surface area contributed by atoms with Crippen LogP contribution in [0.15, 0.2) is 71.6 Å². The van der Waals surface area contributed by atoms with Crippen LogP contribution in [-0.2, 0) is 26.2 Å². The molecular formula is C31H37ClFN3O4S. The first-order valence-electron chi connectivity index (χ1n) is 13.6. The summed E-state index contributed by atoms with van der Waals surface area (Å²) in [5.74, 6) is -1.36. The Kier molecular flexibility index (Phi) is 10.9. The fourth-order valence-electron chi connectivity index (χ4n) is 4.35. The van der Waals surface area contributed by atoms with E-state index in [0.717, 1.165) is 9.87 Å². The predicted molar refractivity (Wildman–Crippen MR) is 161 cm³/mol. The minimum atomic E-state index is -4.22. The number of rotatable bonds is 12. The van der Waals surface area contributed by atoms with Crippen molar-refractivity contribution in [2.45, 2.75) is 71.0 Å². The van der Waals surface area contributed by atoms with Crippen LogP contribution in [0.2, 0.25) is 5.02 Å². The van der Waals surface area contributed by atoms with E-state index in [2.05, 4.69) is 5.32 Å². The van der Waals surface area contributed by atoms with Crippen LogP contribution in [-0.4, -0.2) is 43.8 Å². The Morgan fingerprint density at radius 3 is 2.17 bits per heavy atom. The van der Waals surface area contributed by atoms with Gasteiger partial charge in [0.1, 0.15) is 18.4 Å². The van der Waals surface area contributed by atoms with Gasteiger partial charge in [-0.1, -0.05) is 61.3 Å². The first-order chi connectivity index (χ1) is 19.4. The molecule has 2 amide bonds. The molecule has 10 heteroatoms. The number of benzene rings is 3. The molecule has 3 rings (SSSR count). The summed E-state index contributed by atoms with van der Waals surface area (Å²) in [4.78, 5) is 28.8. The van der Waals surface area contributed by atoms with E-state index in [0.29, 0.717) is 22.6 Å². The number of hydrogen-bond donors (Lipinski definition) is 1. The van der Waals surface area contributed by atoms with E-state index in [1.165, 1.54) is 47.4 Å². The second-order valence-corrected chi connectivity index (χ2v) is 12.4. The van der Waals surface area contributed by atoms with Gasteiger partial charge in [0.05, 0.1) is 10.6 Å². The molecule has 0 aliphatic carbocycles. The summed E-state index contributed by atoms with van der Waals surface area (Å²) in [6.07, 6.45) is 0.987. The topological polar surface area (TPSA) is 86.8 Å². The molecule has 0 saturated carbocycles. The summed E-state index contributed by atoms with van der Waals surface area (Å²) in [5.41, 5.74) is 2.34. The molecule has 7 nitrogen and oxygen atoms in total. The van der Waals surface area contributed by atoms with Gasteiger partial charge in [-0.3, -0.25) is 13.9 Å². The van der Waals surface area contributed by atoms with Gasteiger partial charge in [-0.15, -0.1) is 0 Å². The number of sulfonamides is 1. The number of amides is 2. The molecule has 0 aromatic heterocycles. The number of hydrogen-bond acceptors (Lipinski definition) is 4. The largest absolute Gasteiger partial charge is 0.352 e. The van der Waals surface area contributed by atoms with Crippen LogP contribution in [0.25, 0.3) is 0 Å². The van der Waals surface area contributed by atoms with Gasteiger partial charge < -0.3 is 10.2 Å². The quantitative estimate of drug-likeness (QED) is 0.275. The first-order valence-corrected chi connectivity index (χ1v) is 15.4. The van der Waals surface area contributed by atoms with Crippen molar-refractivity contribution >= 4 is 39.1 Å². The maximum atomic E-state index is 14.1. The van der Waals surface area contributed by atoms with Crippen LogP contribution in [0, 0.1) is 19.7 Å². The molecule has 3 aromatic rings. The van der Waals surface area contributed by atoms with E-state index in [-0.39, 0.29) is 35.5 Å². The van der Waals surface area contributed by atoms with Gasteiger partial charge >= 0.3 is 0 Å². The lowest BCUT2D eigenvalue weighted by Gasteiger charge is -2.34. The van der Waals surface area contributed by atoms with Crippen LogP contribution in [0.3, 0.4) is 0 Å². The summed E-state index contributed by atoms with van der Waals surface area (Å²) >= 11 is 6.27. The first kappa shape index (κ1) is 32.1. The summed E-state index contributed by atoms with van der Waals surface area (Å²) in [7, 11) is -4.22. The molecule has 0 saturated heterocycles. The van der Waals surface area contributed by atoms with Crippen molar-refractivity contribution in [1.82, 2.24) is 10.2 Å². The average molecular weight is 602 g/mol. The second-order valence-electron chi connectivity index (χ2n) is 10.1. The minimum absolute atomic E-state index is 0.0154. The van der Waals surface area contributed by atoms with Crippen LogP contribution >= 0.6 is 11.6 Å². The molecular weight excluding hydrogens is 565 g/mol. The lowest BCUT2D eigenvalue weighted by Crippen LogP contribution is -2.53. The lowest BCUT2D eigenvalue weighted by molar-refractivity contribution is -0.140. The van der Waals surface area contributed by atoms with Crippen molar-refractivity contribution in [3.8, 4) is 0 Å². The Labute approximate surface area is 247 Å². The Hall–Kier alpha value is -3.43. The normalized spacial score (nSPS) is 12.9. The highest BCUT2D eigenvalue weighted by Crippen LogP contribution is 2.30. The van der Waals surface area contributed by atoms with Gasteiger partial charge in [0, 0.05) is 17.6 Å². The number of halogens is 2. The number of nitrogens with zero attached hydrogens (tertiary/aromatic N) is 2. The lowest BCUT2D eigenvalue weighted by atomic mass is 10.1. The Balaban J connectivity index is 2.10. The maximum Gasteiger partial charge on any atom is 0.264 e. The second kappa shape index (κ2) is 14.0. The van der Waals surface area contributed by atoms with E-state index < -0.39 is 34.3 Å². The summed E-state index contributed by atoms with van der Waals surface area (Å²) in [5, 5.41) is 3.24. The highest BCUT2D eigenvalue weighted by molar-refractivity contribution is 7.92. The standard InChI is InChI=1S/C31H37ClFN3O4S/c1-6-23(5)34-31(38)28(7-2)35(19-24-11-14-26(33)15-12-24)30(37)20-36(29-18-25(32)13-10-22(29)4)41(39,40)27-16-8-21(3)9-17-27/h8-18,23,28H,6-7,19-20H2,1-5H3,(H,34,38). The Morgan fingerprint density at radius 2 is 1.59 bits per heavy atom. The molecule has 2 atom stereocenters. The molecule has 0 fully saturated rings. The molecule has 0 heterocycles. The zero-order chi connectivity index (χ0) is 30.3. The van der Waals surface area contributed by atoms with Crippen molar-refractivity contribution in [1.29, 1.82) is 0 Å². The fourth-order valence-corrected chi connectivity index (χ4v) is 5.99. The van der Waals surface area contributed by atoms with E-state index in [1.807, 2.05) is 20.8 Å². The van der Waals surface area contributed by atoms with Crippen LogP contribution in [0.1, 0.15) is 50.3 Å². The summed E-state index contributed by atoms with van der Waals surface area (Å²) in [6, 6.07) is 15.8. The van der Waals surface area contributed by atoms with E-state index >= 15 is 0 Å². The zero-order valence-electron chi connectivity index (χ0n) is 24.0. The third kappa shape index (κ3) is 8.07. The molecule has 220 valence electrons. The smallest absolute Gasteiger partial charge is 0.264 e. The summed E-state index contributed by atoms with van der Waals surface area (Å²) < 4.78 is 42.7. The minimum Gasteiger partial charge on any atom is -0.352 e. The van der Waals surface area contributed by atoms with Gasteiger partial charge in [0.2, 0.25) is 11.8 Å². The third-order valence-corrected chi connectivity index (χ3v) is 8.99. The Morgan fingerprint density at radius 1 is 0.951 bits per heavy atom. The van der Waals surface area contributed by atoms with Crippen molar-refractivity contribution < 1.29 is 22.4 Å². The van der Waals surface area contributed by atoms with Crippen LogP contribution in [0.5, 0.6) is 0 Å². The molecule has 0 aliphatic rings. The monoisotopic (exact) mass is 601 g/mol. The molecule has 2 unspecified atom stereocenters. The number of carbonyl (C=O) groups excluding carboxylic acids is 2. The summed E-state index contributed by atoms with van der Waals surface area (Å²) in [6.45, 7) is 8.58. The van der Waals surface area contributed by atoms with E-state index in [9.17, 15) is 22.4 Å². The average Bonchev–Trinajstić information content (AvgIpc) is 2.94. The molecule has 0 bridgehead atoms.